The van der Waals surface area contributed by atoms with Crippen molar-refractivity contribution < 1.29 is 9.18 Å². The smallest absolute Gasteiger partial charge is 0.253 e. The van der Waals surface area contributed by atoms with Gasteiger partial charge in [-0.25, -0.2) is 4.39 Å². The normalized spacial score (nSPS) is 12.1. The Labute approximate surface area is 124 Å². The lowest BCUT2D eigenvalue weighted by Gasteiger charge is -2.32. The van der Waals surface area contributed by atoms with Crippen molar-refractivity contribution in [2.24, 2.45) is 0 Å². The van der Waals surface area contributed by atoms with Crippen molar-refractivity contribution in [3.63, 3.8) is 0 Å². The Morgan fingerprint density at radius 2 is 2.05 bits per heavy atom. The molecule has 0 aliphatic heterocycles. The largest absolute Gasteiger partial charge is 0.358 e. The van der Waals surface area contributed by atoms with E-state index in [-0.39, 0.29) is 17.3 Å². The maximum absolute atomic E-state index is 13.4. The van der Waals surface area contributed by atoms with E-state index in [1.165, 1.54) is 12.1 Å². The van der Waals surface area contributed by atoms with Crippen LogP contribution in [-0.4, -0.2) is 42.0 Å². The van der Waals surface area contributed by atoms with Gasteiger partial charge in [0.05, 0.1) is 5.56 Å². The van der Waals surface area contributed by atoms with Gasteiger partial charge < -0.3 is 15.2 Å². The van der Waals surface area contributed by atoms with Crippen LogP contribution in [0.15, 0.2) is 18.2 Å². The molecule has 0 fully saturated rings. The van der Waals surface area contributed by atoms with Crippen LogP contribution < -0.4 is 5.32 Å². The molecule has 1 heterocycles. The molecule has 2 N–H and O–H groups in total. The number of amides is 1. The number of hydrogen-bond acceptors (Lipinski definition) is 2. The number of H-pyrrole nitrogens is 1. The highest BCUT2D eigenvalue weighted by Crippen LogP contribution is 2.23. The Kier molecular flexibility index (Phi) is 4.05. The van der Waals surface area contributed by atoms with Crippen molar-refractivity contribution in [2.75, 3.05) is 20.6 Å². The van der Waals surface area contributed by atoms with Crippen LogP contribution in [0.1, 0.15) is 29.9 Å². The zero-order valence-corrected chi connectivity index (χ0v) is 13.2. The molecule has 0 bridgehead atoms. The third kappa shape index (κ3) is 3.08. The number of carbonyl (C=O) groups excluding carboxylic acids is 1. The number of aromatic nitrogens is 1. The Balaban J connectivity index is 2.28. The van der Waals surface area contributed by atoms with Gasteiger partial charge in [0.2, 0.25) is 0 Å². The molecule has 2 rings (SSSR count). The lowest BCUT2D eigenvalue weighted by Crippen LogP contribution is -2.48. The molecule has 0 radical (unpaired) electrons. The van der Waals surface area contributed by atoms with Crippen molar-refractivity contribution >= 4 is 16.8 Å². The molecule has 0 atom stereocenters. The Hall–Kier alpha value is -1.88. The fourth-order valence-corrected chi connectivity index (χ4v) is 2.13. The Morgan fingerprint density at radius 3 is 2.67 bits per heavy atom. The molecule has 0 saturated carbocycles. The molecular formula is C16H22FN3O. The topological polar surface area (TPSA) is 48.1 Å². The van der Waals surface area contributed by atoms with Crippen molar-refractivity contribution in [3.05, 3.63) is 35.3 Å². The van der Waals surface area contributed by atoms with Gasteiger partial charge in [-0.15, -0.1) is 0 Å². The highest BCUT2D eigenvalue weighted by atomic mass is 19.1. The summed E-state index contributed by atoms with van der Waals surface area (Å²) in [6.07, 6.45) is 0. The highest BCUT2D eigenvalue weighted by molar-refractivity contribution is 6.08. The molecule has 5 heteroatoms. The minimum atomic E-state index is -0.343. The number of carbonyl (C=O) groups is 1. The third-order valence-corrected chi connectivity index (χ3v) is 4.07. The molecule has 1 aromatic heterocycles. The minimum absolute atomic E-state index is 0.152. The van der Waals surface area contributed by atoms with Crippen LogP contribution in [0.3, 0.4) is 0 Å². The number of halogens is 1. The van der Waals surface area contributed by atoms with Crippen molar-refractivity contribution in [3.8, 4) is 0 Å². The third-order valence-electron chi connectivity index (χ3n) is 4.07. The average Bonchev–Trinajstić information content (AvgIpc) is 2.71. The van der Waals surface area contributed by atoms with E-state index in [0.717, 1.165) is 11.2 Å². The summed E-state index contributed by atoms with van der Waals surface area (Å²) in [6.45, 7) is 6.44. The second kappa shape index (κ2) is 5.48. The number of nitrogens with zero attached hydrogens (tertiary/aromatic N) is 1. The number of nitrogens with one attached hydrogen (secondary N) is 2. The van der Waals surface area contributed by atoms with E-state index in [2.05, 4.69) is 29.0 Å². The van der Waals surface area contributed by atoms with Crippen LogP contribution >= 0.6 is 0 Å². The standard InChI is InChI=1S/C16H22FN3O/c1-10-14(12-8-11(17)6-7-13(12)19-10)15(21)18-9-16(2,3)20(4)5/h6-8,19H,9H2,1-5H3,(H,18,21). The molecule has 0 spiro atoms. The number of benzene rings is 1. The van der Waals surface area contributed by atoms with Crippen LogP contribution in [0, 0.1) is 12.7 Å². The van der Waals surface area contributed by atoms with Gasteiger partial charge in [-0.05, 0) is 53.1 Å². The lowest BCUT2D eigenvalue weighted by molar-refractivity contribution is 0.0921. The fourth-order valence-electron chi connectivity index (χ4n) is 2.13. The summed E-state index contributed by atoms with van der Waals surface area (Å²) in [4.78, 5) is 17.6. The van der Waals surface area contributed by atoms with E-state index in [0.29, 0.717) is 17.5 Å². The van der Waals surface area contributed by atoms with Gasteiger partial charge in [0.25, 0.3) is 5.91 Å². The second-order valence-corrected chi connectivity index (χ2v) is 6.20. The first kappa shape index (κ1) is 15.5. The quantitative estimate of drug-likeness (QED) is 0.910. The van der Waals surface area contributed by atoms with Crippen molar-refractivity contribution in [1.82, 2.24) is 15.2 Å². The molecule has 21 heavy (non-hydrogen) atoms. The first-order valence-electron chi connectivity index (χ1n) is 6.96. The monoisotopic (exact) mass is 291 g/mol. The van der Waals surface area contributed by atoms with Crippen molar-refractivity contribution in [2.45, 2.75) is 26.3 Å². The van der Waals surface area contributed by atoms with E-state index >= 15 is 0 Å². The number of aryl methyl sites for hydroxylation is 1. The molecule has 1 amide bonds. The summed E-state index contributed by atoms with van der Waals surface area (Å²) in [5.74, 6) is -0.525. The van der Waals surface area contributed by atoms with Crippen LogP contribution in [0.4, 0.5) is 4.39 Å². The van der Waals surface area contributed by atoms with Gasteiger partial charge in [0.15, 0.2) is 0 Å². The molecule has 2 aromatic rings. The van der Waals surface area contributed by atoms with Gasteiger partial charge in [-0.1, -0.05) is 0 Å². The predicted molar refractivity (Wildman–Crippen MR) is 83.1 cm³/mol. The van der Waals surface area contributed by atoms with Gasteiger partial charge in [-0.2, -0.15) is 0 Å². The van der Waals surface area contributed by atoms with Crippen LogP contribution in [-0.2, 0) is 0 Å². The molecule has 4 nitrogen and oxygen atoms in total. The highest BCUT2D eigenvalue weighted by Gasteiger charge is 2.23. The first-order chi connectivity index (χ1) is 9.72. The number of aromatic amines is 1. The summed E-state index contributed by atoms with van der Waals surface area (Å²) in [5.41, 5.74) is 1.88. The maximum atomic E-state index is 13.4. The zero-order chi connectivity index (χ0) is 15.8. The summed E-state index contributed by atoms with van der Waals surface area (Å²) < 4.78 is 13.4. The van der Waals surface area contributed by atoms with E-state index in [1.807, 2.05) is 21.0 Å². The van der Waals surface area contributed by atoms with E-state index in [9.17, 15) is 9.18 Å². The molecule has 0 aliphatic carbocycles. The summed E-state index contributed by atoms with van der Waals surface area (Å²) in [5, 5.41) is 3.55. The SMILES string of the molecule is Cc1[nH]c2ccc(F)cc2c1C(=O)NCC(C)(C)N(C)C. The van der Waals surface area contributed by atoms with Crippen molar-refractivity contribution in [1.29, 1.82) is 0 Å². The number of likely N-dealkylation sites (N-methyl/N-ethyl adjacent to an activating group) is 1. The number of hydrogen-bond donors (Lipinski definition) is 2. The van der Waals surface area contributed by atoms with Crippen LogP contribution in [0.25, 0.3) is 10.9 Å². The molecule has 0 saturated heterocycles. The van der Waals surface area contributed by atoms with Gasteiger partial charge in [-0.3, -0.25) is 4.79 Å². The van der Waals surface area contributed by atoms with E-state index < -0.39 is 0 Å². The van der Waals surface area contributed by atoms with Gasteiger partial charge in [0, 0.05) is 28.7 Å². The van der Waals surface area contributed by atoms with Crippen LogP contribution in [0.5, 0.6) is 0 Å². The predicted octanol–water partition coefficient (Wildman–Crippen LogP) is 2.69. The first-order valence-corrected chi connectivity index (χ1v) is 6.96. The summed E-state index contributed by atoms with van der Waals surface area (Å²) in [6, 6.07) is 4.43. The molecule has 114 valence electrons. The zero-order valence-electron chi connectivity index (χ0n) is 13.2. The minimum Gasteiger partial charge on any atom is -0.358 e. The molecule has 0 aliphatic rings. The van der Waals surface area contributed by atoms with Gasteiger partial charge in [0.1, 0.15) is 5.82 Å². The lowest BCUT2D eigenvalue weighted by atomic mass is 10.0. The number of rotatable bonds is 4. The molecule has 0 unspecified atom stereocenters. The summed E-state index contributed by atoms with van der Waals surface area (Å²) >= 11 is 0. The van der Waals surface area contributed by atoms with Crippen LogP contribution in [0.2, 0.25) is 0 Å². The second-order valence-electron chi connectivity index (χ2n) is 6.20. The Bertz CT molecular complexity index is 673. The van der Waals surface area contributed by atoms with E-state index in [1.54, 1.807) is 6.07 Å². The maximum Gasteiger partial charge on any atom is 0.253 e. The van der Waals surface area contributed by atoms with Gasteiger partial charge >= 0.3 is 0 Å². The molecule has 1 aromatic carbocycles. The summed E-state index contributed by atoms with van der Waals surface area (Å²) in [7, 11) is 3.94. The molecular weight excluding hydrogens is 269 g/mol. The Morgan fingerprint density at radius 1 is 1.38 bits per heavy atom. The number of fused-ring (bicyclic) bond motifs is 1. The van der Waals surface area contributed by atoms with E-state index in [4.69, 9.17) is 0 Å². The average molecular weight is 291 g/mol. The fraction of sp³-hybridized carbons (Fsp3) is 0.438.